The standard InChI is InChI=1S/C30H33ClN2O4S/c1-30(2,3)24-14-11-21(12-15-24)28(34)22-9-8-10-25(19-22)32-29(35)23-13-16-26(31)27(20-23)38(36,37)33-17-6-4-5-7-18-33/h8-16,19-20H,4-7,17-18H2,1-3H3,(H,32,35). The fourth-order valence-electron chi connectivity index (χ4n) is 4.49. The molecule has 1 amide bonds. The number of benzene rings is 3. The third-order valence-corrected chi connectivity index (χ3v) is 9.15. The first-order valence-electron chi connectivity index (χ1n) is 12.8. The van der Waals surface area contributed by atoms with Crippen LogP contribution in [0.1, 0.15) is 78.3 Å². The molecular formula is C30H33ClN2O4S. The van der Waals surface area contributed by atoms with Crippen LogP contribution in [-0.4, -0.2) is 37.5 Å². The van der Waals surface area contributed by atoms with Crippen LogP contribution in [-0.2, 0) is 15.4 Å². The average Bonchev–Trinajstić information content (AvgIpc) is 3.18. The van der Waals surface area contributed by atoms with Gasteiger partial charge >= 0.3 is 0 Å². The molecule has 0 aliphatic carbocycles. The van der Waals surface area contributed by atoms with Crippen molar-refractivity contribution < 1.29 is 18.0 Å². The minimum atomic E-state index is -3.83. The molecule has 0 atom stereocenters. The van der Waals surface area contributed by atoms with Gasteiger partial charge in [0.2, 0.25) is 10.0 Å². The Balaban J connectivity index is 1.53. The maximum Gasteiger partial charge on any atom is 0.255 e. The third-order valence-electron chi connectivity index (χ3n) is 6.77. The Morgan fingerprint density at radius 2 is 1.45 bits per heavy atom. The Labute approximate surface area is 230 Å². The van der Waals surface area contributed by atoms with Crippen LogP contribution in [0.15, 0.2) is 71.6 Å². The number of ketones is 1. The van der Waals surface area contributed by atoms with E-state index in [9.17, 15) is 18.0 Å². The van der Waals surface area contributed by atoms with Gasteiger partial charge in [0.15, 0.2) is 5.78 Å². The maximum atomic E-state index is 13.3. The molecule has 0 radical (unpaired) electrons. The van der Waals surface area contributed by atoms with Crippen LogP contribution in [0.3, 0.4) is 0 Å². The number of carbonyl (C=O) groups excluding carboxylic acids is 2. The van der Waals surface area contributed by atoms with E-state index in [4.69, 9.17) is 11.6 Å². The van der Waals surface area contributed by atoms with Gasteiger partial charge < -0.3 is 5.32 Å². The number of amides is 1. The lowest BCUT2D eigenvalue weighted by molar-refractivity contribution is 0.102. The van der Waals surface area contributed by atoms with Gasteiger partial charge in [0.05, 0.1) is 5.02 Å². The second-order valence-electron chi connectivity index (χ2n) is 10.7. The molecule has 38 heavy (non-hydrogen) atoms. The molecule has 6 nitrogen and oxygen atoms in total. The van der Waals surface area contributed by atoms with Crippen LogP contribution >= 0.6 is 11.6 Å². The summed E-state index contributed by atoms with van der Waals surface area (Å²) < 4.78 is 28.0. The Kier molecular flexibility index (Phi) is 8.40. The minimum absolute atomic E-state index is 0.0142. The number of hydrogen-bond donors (Lipinski definition) is 1. The summed E-state index contributed by atoms with van der Waals surface area (Å²) in [6.45, 7) is 7.22. The minimum Gasteiger partial charge on any atom is -0.322 e. The molecule has 1 aliphatic heterocycles. The van der Waals surface area contributed by atoms with Gasteiger partial charge in [0.1, 0.15) is 4.90 Å². The predicted octanol–water partition coefficient (Wildman–Crippen LogP) is 6.69. The summed E-state index contributed by atoms with van der Waals surface area (Å²) in [6.07, 6.45) is 3.58. The van der Waals surface area contributed by atoms with Crippen LogP contribution < -0.4 is 5.32 Å². The van der Waals surface area contributed by atoms with E-state index in [0.29, 0.717) is 29.9 Å². The van der Waals surface area contributed by atoms with Gasteiger partial charge in [0, 0.05) is 35.5 Å². The number of nitrogens with zero attached hydrogens (tertiary/aromatic N) is 1. The molecule has 0 unspecified atom stereocenters. The van der Waals surface area contributed by atoms with Gasteiger partial charge in [0.25, 0.3) is 5.91 Å². The molecule has 3 aromatic carbocycles. The van der Waals surface area contributed by atoms with Gasteiger partial charge in [-0.05, 0) is 54.2 Å². The summed E-state index contributed by atoms with van der Waals surface area (Å²) in [5, 5.41) is 2.86. The fraction of sp³-hybridized carbons (Fsp3) is 0.333. The zero-order chi connectivity index (χ0) is 27.5. The molecule has 4 rings (SSSR count). The van der Waals surface area contributed by atoms with Gasteiger partial charge in [-0.15, -0.1) is 0 Å². The van der Waals surface area contributed by atoms with Crippen molar-refractivity contribution in [3.63, 3.8) is 0 Å². The van der Waals surface area contributed by atoms with Gasteiger partial charge in [-0.1, -0.05) is 81.6 Å². The van der Waals surface area contributed by atoms with Crippen LogP contribution in [0.5, 0.6) is 0 Å². The number of rotatable bonds is 6. The van der Waals surface area contributed by atoms with Gasteiger partial charge in [-0.25, -0.2) is 8.42 Å². The monoisotopic (exact) mass is 552 g/mol. The lowest BCUT2D eigenvalue weighted by Crippen LogP contribution is -2.32. The Bertz CT molecular complexity index is 1440. The van der Waals surface area contributed by atoms with Crippen molar-refractivity contribution >= 4 is 39.0 Å². The fourth-order valence-corrected chi connectivity index (χ4v) is 6.51. The van der Waals surface area contributed by atoms with E-state index in [-0.39, 0.29) is 26.7 Å². The second-order valence-corrected chi connectivity index (χ2v) is 13.0. The average molecular weight is 553 g/mol. The molecule has 1 saturated heterocycles. The number of carbonyl (C=O) groups is 2. The number of hydrogen-bond acceptors (Lipinski definition) is 4. The van der Waals surface area contributed by atoms with Crippen molar-refractivity contribution in [1.82, 2.24) is 4.31 Å². The highest BCUT2D eigenvalue weighted by Gasteiger charge is 2.28. The van der Waals surface area contributed by atoms with E-state index in [1.807, 2.05) is 24.3 Å². The van der Waals surface area contributed by atoms with Crippen molar-refractivity contribution in [2.75, 3.05) is 18.4 Å². The SMILES string of the molecule is CC(C)(C)c1ccc(C(=O)c2cccc(NC(=O)c3ccc(Cl)c(S(=O)(=O)N4CCCCCC4)c3)c2)cc1. The van der Waals surface area contributed by atoms with E-state index >= 15 is 0 Å². The molecule has 1 N–H and O–H groups in total. The van der Waals surface area contributed by atoms with Crippen LogP contribution in [0.2, 0.25) is 5.02 Å². The van der Waals surface area contributed by atoms with Crippen LogP contribution in [0.25, 0.3) is 0 Å². The van der Waals surface area contributed by atoms with Crippen LogP contribution in [0.4, 0.5) is 5.69 Å². The molecule has 200 valence electrons. The molecule has 0 bridgehead atoms. The van der Waals surface area contributed by atoms with E-state index in [1.165, 1.54) is 22.5 Å². The van der Waals surface area contributed by atoms with Crippen LogP contribution in [0, 0.1) is 0 Å². The lowest BCUT2D eigenvalue weighted by Gasteiger charge is -2.21. The second kappa shape index (κ2) is 11.4. The molecule has 1 heterocycles. The van der Waals surface area contributed by atoms with Crippen molar-refractivity contribution in [2.45, 2.75) is 56.8 Å². The van der Waals surface area contributed by atoms with E-state index in [2.05, 4.69) is 26.1 Å². The highest BCUT2D eigenvalue weighted by Crippen LogP contribution is 2.28. The third kappa shape index (κ3) is 6.34. The number of halogens is 1. The molecule has 3 aromatic rings. The zero-order valence-electron chi connectivity index (χ0n) is 22.0. The van der Waals surface area contributed by atoms with E-state index < -0.39 is 15.9 Å². The molecular weight excluding hydrogens is 520 g/mol. The highest BCUT2D eigenvalue weighted by atomic mass is 35.5. The van der Waals surface area contributed by atoms with E-state index in [1.54, 1.807) is 24.3 Å². The Hall–Kier alpha value is -3.00. The Morgan fingerprint density at radius 1 is 0.816 bits per heavy atom. The molecule has 0 saturated carbocycles. The smallest absolute Gasteiger partial charge is 0.255 e. The molecule has 1 fully saturated rings. The molecule has 0 spiro atoms. The van der Waals surface area contributed by atoms with Gasteiger partial charge in [-0.2, -0.15) is 4.31 Å². The maximum absolute atomic E-state index is 13.3. The first-order valence-corrected chi connectivity index (χ1v) is 14.6. The summed E-state index contributed by atoms with van der Waals surface area (Å²) in [4.78, 5) is 26.1. The molecule has 0 aromatic heterocycles. The molecule has 1 aliphatic rings. The zero-order valence-corrected chi connectivity index (χ0v) is 23.5. The van der Waals surface area contributed by atoms with Crippen molar-refractivity contribution in [1.29, 1.82) is 0 Å². The summed E-state index contributed by atoms with van der Waals surface area (Å²) in [5.41, 5.74) is 2.71. The highest BCUT2D eigenvalue weighted by molar-refractivity contribution is 7.89. The van der Waals surface area contributed by atoms with Crippen molar-refractivity contribution in [3.05, 3.63) is 94.0 Å². The number of sulfonamides is 1. The summed E-state index contributed by atoms with van der Waals surface area (Å²) in [5.74, 6) is -0.646. The lowest BCUT2D eigenvalue weighted by atomic mass is 9.86. The van der Waals surface area contributed by atoms with Crippen molar-refractivity contribution in [3.8, 4) is 0 Å². The largest absolute Gasteiger partial charge is 0.322 e. The first kappa shape index (κ1) is 28.0. The van der Waals surface area contributed by atoms with Gasteiger partial charge in [-0.3, -0.25) is 9.59 Å². The molecule has 8 heteroatoms. The summed E-state index contributed by atoms with van der Waals surface area (Å²) >= 11 is 6.28. The summed E-state index contributed by atoms with van der Waals surface area (Å²) in [7, 11) is -3.83. The Morgan fingerprint density at radius 3 is 2.08 bits per heavy atom. The quantitative estimate of drug-likeness (QED) is 0.345. The van der Waals surface area contributed by atoms with E-state index in [0.717, 1.165) is 31.2 Å². The normalized spacial score (nSPS) is 15.1. The number of anilines is 1. The first-order chi connectivity index (χ1) is 18.0. The summed E-state index contributed by atoms with van der Waals surface area (Å²) in [6, 6.07) is 18.5. The number of nitrogens with one attached hydrogen (secondary N) is 1. The van der Waals surface area contributed by atoms with Crippen molar-refractivity contribution in [2.24, 2.45) is 0 Å². The predicted molar refractivity (Wildman–Crippen MR) is 152 cm³/mol. The topological polar surface area (TPSA) is 83.5 Å².